The Morgan fingerprint density at radius 2 is 1.90 bits per heavy atom. The summed E-state index contributed by atoms with van der Waals surface area (Å²) >= 11 is 0. The van der Waals surface area contributed by atoms with Gasteiger partial charge in [-0.1, -0.05) is 12.1 Å². The van der Waals surface area contributed by atoms with Crippen LogP contribution < -0.4 is 10.2 Å². The van der Waals surface area contributed by atoms with Gasteiger partial charge in [0.2, 0.25) is 0 Å². The van der Waals surface area contributed by atoms with Gasteiger partial charge in [0.15, 0.2) is 0 Å². The average Bonchev–Trinajstić information content (AvgIpc) is 3.04. The second-order valence-corrected chi connectivity index (χ2v) is 5.00. The standard InChI is InChI=1S/C16H16FN3O/c17-13-7-1-2-8-14(13)19-16(21)12-6-5-9-18-15(12)20-10-3-4-11-20/h1-2,5-9H,3-4,10-11H2,(H,19,21). The SMILES string of the molecule is O=C(Nc1ccccc1F)c1cccnc1N1CCCC1. The lowest BCUT2D eigenvalue weighted by molar-refractivity contribution is 0.102. The van der Waals surface area contributed by atoms with Crippen molar-refractivity contribution >= 4 is 17.4 Å². The zero-order valence-corrected chi connectivity index (χ0v) is 11.6. The van der Waals surface area contributed by atoms with E-state index in [1.54, 1.807) is 36.5 Å². The van der Waals surface area contributed by atoms with Gasteiger partial charge >= 0.3 is 0 Å². The van der Waals surface area contributed by atoms with Gasteiger partial charge in [0.25, 0.3) is 5.91 Å². The molecule has 0 atom stereocenters. The summed E-state index contributed by atoms with van der Waals surface area (Å²) in [5.74, 6) is -0.114. The van der Waals surface area contributed by atoms with Crippen molar-refractivity contribution in [3.05, 3.63) is 54.0 Å². The summed E-state index contributed by atoms with van der Waals surface area (Å²) in [7, 11) is 0. The Balaban J connectivity index is 1.86. The molecule has 0 radical (unpaired) electrons. The van der Waals surface area contributed by atoms with Crippen molar-refractivity contribution < 1.29 is 9.18 Å². The van der Waals surface area contributed by atoms with Crippen molar-refractivity contribution in [2.45, 2.75) is 12.8 Å². The maximum Gasteiger partial charge on any atom is 0.259 e. The van der Waals surface area contributed by atoms with Crippen molar-refractivity contribution in [1.82, 2.24) is 4.98 Å². The molecule has 5 heteroatoms. The van der Waals surface area contributed by atoms with Crippen LogP contribution in [0.3, 0.4) is 0 Å². The van der Waals surface area contributed by atoms with Crippen molar-refractivity contribution in [2.24, 2.45) is 0 Å². The van der Waals surface area contributed by atoms with E-state index in [2.05, 4.69) is 15.2 Å². The number of para-hydroxylation sites is 1. The lowest BCUT2D eigenvalue weighted by Gasteiger charge is -2.19. The number of nitrogens with zero attached hydrogens (tertiary/aromatic N) is 2. The third-order valence-electron chi connectivity index (χ3n) is 3.56. The summed E-state index contributed by atoms with van der Waals surface area (Å²) in [6, 6.07) is 9.57. The molecule has 0 aliphatic carbocycles. The minimum absolute atomic E-state index is 0.179. The van der Waals surface area contributed by atoms with Crippen LogP contribution in [0.1, 0.15) is 23.2 Å². The summed E-state index contributed by atoms with van der Waals surface area (Å²) in [5.41, 5.74) is 0.654. The highest BCUT2D eigenvalue weighted by Gasteiger charge is 2.21. The Bertz CT molecular complexity index is 653. The third-order valence-corrected chi connectivity index (χ3v) is 3.56. The van der Waals surface area contributed by atoms with Crippen molar-refractivity contribution in [3.8, 4) is 0 Å². The predicted octanol–water partition coefficient (Wildman–Crippen LogP) is 3.07. The maximum absolute atomic E-state index is 13.6. The number of carbonyl (C=O) groups excluding carboxylic acids is 1. The molecule has 2 aromatic rings. The fourth-order valence-electron chi connectivity index (χ4n) is 2.51. The van der Waals surface area contributed by atoms with E-state index in [-0.39, 0.29) is 11.6 Å². The molecule has 2 heterocycles. The minimum atomic E-state index is -0.447. The van der Waals surface area contributed by atoms with Crippen LogP contribution in [0.15, 0.2) is 42.6 Å². The van der Waals surface area contributed by atoms with Crippen LogP contribution in [0.25, 0.3) is 0 Å². The van der Waals surface area contributed by atoms with Crippen molar-refractivity contribution in [2.75, 3.05) is 23.3 Å². The van der Waals surface area contributed by atoms with E-state index in [9.17, 15) is 9.18 Å². The first-order valence-corrected chi connectivity index (χ1v) is 7.01. The van der Waals surface area contributed by atoms with Crippen molar-refractivity contribution in [3.63, 3.8) is 0 Å². The topological polar surface area (TPSA) is 45.2 Å². The summed E-state index contributed by atoms with van der Waals surface area (Å²) < 4.78 is 13.6. The van der Waals surface area contributed by atoms with Crippen molar-refractivity contribution in [1.29, 1.82) is 0 Å². The van der Waals surface area contributed by atoms with Gasteiger partial charge in [-0.15, -0.1) is 0 Å². The summed E-state index contributed by atoms with van der Waals surface area (Å²) in [4.78, 5) is 18.8. The van der Waals surface area contributed by atoms with E-state index >= 15 is 0 Å². The largest absolute Gasteiger partial charge is 0.356 e. The number of anilines is 2. The van der Waals surface area contributed by atoms with E-state index in [0.29, 0.717) is 11.4 Å². The second-order valence-electron chi connectivity index (χ2n) is 5.00. The van der Waals surface area contributed by atoms with Gasteiger partial charge in [0.1, 0.15) is 11.6 Å². The molecule has 0 unspecified atom stereocenters. The Morgan fingerprint density at radius 1 is 1.14 bits per heavy atom. The van der Waals surface area contributed by atoms with Gasteiger partial charge in [-0.25, -0.2) is 9.37 Å². The van der Waals surface area contributed by atoms with Crippen LogP contribution in [0.5, 0.6) is 0 Å². The van der Waals surface area contributed by atoms with E-state index in [4.69, 9.17) is 0 Å². The monoisotopic (exact) mass is 285 g/mol. The molecular formula is C16H16FN3O. The summed E-state index contributed by atoms with van der Waals surface area (Å²) in [5, 5.41) is 2.61. The fraction of sp³-hybridized carbons (Fsp3) is 0.250. The quantitative estimate of drug-likeness (QED) is 0.942. The number of amides is 1. The van der Waals surface area contributed by atoms with Gasteiger partial charge in [-0.05, 0) is 37.1 Å². The van der Waals surface area contributed by atoms with E-state index in [0.717, 1.165) is 25.9 Å². The van der Waals surface area contributed by atoms with Gasteiger partial charge in [0.05, 0.1) is 11.3 Å². The Morgan fingerprint density at radius 3 is 2.67 bits per heavy atom. The normalized spacial score (nSPS) is 14.2. The smallest absolute Gasteiger partial charge is 0.259 e. The number of nitrogens with one attached hydrogen (secondary N) is 1. The van der Waals surface area contributed by atoms with Crippen LogP contribution in [0.2, 0.25) is 0 Å². The van der Waals surface area contributed by atoms with E-state index in [1.165, 1.54) is 6.07 Å². The molecule has 3 rings (SSSR count). The molecule has 0 saturated carbocycles. The molecule has 108 valence electrons. The maximum atomic E-state index is 13.6. The molecule has 21 heavy (non-hydrogen) atoms. The van der Waals surface area contributed by atoms with Crippen LogP contribution >= 0.6 is 0 Å². The average molecular weight is 285 g/mol. The predicted molar refractivity (Wildman–Crippen MR) is 80.0 cm³/mol. The molecule has 4 nitrogen and oxygen atoms in total. The van der Waals surface area contributed by atoms with Crippen LogP contribution in [0.4, 0.5) is 15.9 Å². The number of halogens is 1. The highest BCUT2D eigenvalue weighted by atomic mass is 19.1. The minimum Gasteiger partial charge on any atom is -0.356 e. The summed E-state index contributed by atoms with van der Waals surface area (Å²) in [6.45, 7) is 1.80. The highest BCUT2D eigenvalue weighted by Crippen LogP contribution is 2.23. The molecular weight excluding hydrogens is 269 g/mol. The number of hydrogen-bond donors (Lipinski definition) is 1. The lowest BCUT2D eigenvalue weighted by atomic mass is 10.2. The van der Waals surface area contributed by atoms with E-state index < -0.39 is 5.82 Å². The van der Waals surface area contributed by atoms with Crippen LogP contribution in [-0.4, -0.2) is 24.0 Å². The number of rotatable bonds is 3. The van der Waals surface area contributed by atoms with Gasteiger partial charge < -0.3 is 10.2 Å². The van der Waals surface area contributed by atoms with Gasteiger partial charge in [-0.2, -0.15) is 0 Å². The molecule has 1 aliphatic heterocycles. The third kappa shape index (κ3) is 2.86. The number of carbonyl (C=O) groups is 1. The first-order chi connectivity index (χ1) is 10.3. The van der Waals surface area contributed by atoms with Gasteiger partial charge in [-0.3, -0.25) is 4.79 Å². The first-order valence-electron chi connectivity index (χ1n) is 7.01. The molecule has 1 amide bonds. The molecule has 1 fully saturated rings. The number of hydrogen-bond acceptors (Lipinski definition) is 3. The van der Waals surface area contributed by atoms with Gasteiger partial charge in [0, 0.05) is 19.3 Å². The molecule has 0 bridgehead atoms. The zero-order chi connectivity index (χ0) is 14.7. The number of pyridine rings is 1. The lowest BCUT2D eigenvalue weighted by Crippen LogP contribution is -2.24. The Kier molecular flexibility index (Phi) is 3.81. The Hall–Kier alpha value is -2.43. The number of aromatic nitrogens is 1. The number of benzene rings is 1. The van der Waals surface area contributed by atoms with Crippen LogP contribution in [-0.2, 0) is 0 Å². The molecule has 1 aromatic carbocycles. The highest BCUT2D eigenvalue weighted by molar-refractivity contribution is 6.07. The Labute approximate surface area is 122 Å². The zero-order valence-electron chi connectivity index (χ0n) is 11.6. The molecule has 0 spiro atoms. The molecule has 1 N–H and O–H groups in total. The first kappa shape index (κ1) is 13.5. The second kappa shape index (κ2) is 5.91. The molecule has 1 aliphatic rings. The fourth-order valence-corrected chi connectivity index (χ4v) is 2.51. The van der Waals surface area contributed by atoms with Crippen LogP contribution in [0, 0.1) is 5.82 Å². The van der Waals surface area contributed by atoms with E-state index in [1.807, 2.05) is 0 Å². The molecule has 1 saturated heterocycles. The summed E-state index contributed by atoms with van der Waals surface area (Å²) in [6.07, 6.45) is 3.88. The molecule has 1 aromatic heterocycles.